The molecule has 2 aromatic rings. The summed E-state index contributed by atoms with van der Waals surface area (Å²) in [5.41, 5.74) is 7.13. The van der Waals surface area contributed by atoms with Crippen molar-refractivity contribution in [2.75, 3.05) is 5.73 Å². The number of fused-ring (bicyclic) bond motifs is 1. The van der Waals surface area contributed by atoms with Crippen LogP contribution in [0.4, 0.5) is 5.82 Å². The highest BCUT2D eigenvalue weighted by molar-refractivity contribution is 5.81. The fourth-order valence-corrected chi connectivity index (χ4v) is 2.86. The Hall–Kier alpha value is -1.69. The van der Waals surface area contributed by atoms with E-state index in [0.29, 0.717) is 17.0 Å². The highest BCUT2D eigenvalue weighted by atomic mass is 16.3. The zero-order valence-electron chi connectivity index (χ0n) is 13.6. The Balaban J connectivity index is 2.02. The van der Waals surface area contributed by atoms with Gasteiger partial charge in [0, 0.05) is 0 Å². The number of nitrogen functional groups attached to an aromatic ring is 1. The van der Waals surface area contributed by atoms with Crippen LogP contribution in [0.15, 0.2) is 12.7 Å². The molecule has 0 aliphatic rings. The molecule has 0 bridgehead atoms. The number of unbranched alkanes of at least 4 members (excludes halogenated alkanes) is 5. The van der Waals surface area contributed by atoms with Gasteiger partial charge in [0.05, 0.1) is 18.5 Å². The number of nitrogens with zero attached hydrogens (tertiary/aromatic N) is 4. The summed E-state index contributed by atoms with van der Waals surface area (Å²) < 4.78 is 1.93. The summed E-state index contributed by atoms with van der Waals surface area (Å²) in [5, 5.41) is 10.1. The average molecular weight is 305 g/mol. The molecule has 0 unspecified atom stereocenters. The van der Waals surface area contributed by atoms with E-state index in [1.165, 1.54) is 38.4 Å². The van der Waals surface area contributed by atoms with Gasteiger partial charge in [0.2, 0.25) is 0 Å². The van der Waals surface area contributed by atoms with E-state index >= 15 is 0 Å². The van der Waals surface area contributed by atoms with Crippen molar-refractivity contribution in [1.82, 2.24) is 19.5 Å². The zero-order valence-corrected chi connectivity index (χ0v) is 13.6. The summed E-state index contributed by atoms with van der Waals surface area (Å²) >= 11 is 0. The van der Waals surface area contributed by atoms with Crippen LogP contribution in [-0.4, -0.2) is 30.7 Å². The highest BCUT2D eigenvalue weighted by Crippen LogP contribution is 2.25. The van der Waals surface area contributed by atoms with Gasteiger partial charge < -0.3 is 15.4 Å². The maximum absolute atomic E-state index is 10.1. The molecular formula is C16H27N5O. The monoisotopic (exact) mass is 305 g/mol. The summed E-state index contributed by atoms with van der Waals surface area (Å²) in [6.45, 7) is 4.04. The molecule has 2 rings (SSSR count). The van der Waals surface area contributed by atoms with Crippen LogP contribution in [-0.2, 0) is 0 Å². The number of aromatic nitrogens is 4. The molecule has 0 saturated carbocycles. The van der Waals surface area contributed by atoms with Crippen molar-refractivity contribution < 1.29 is 5.11 Å². The van der Waals surface area contributed by atoms with Gasteiger partial charge in [-0.15, -0.1) is 0 Å². The molecule has 2 heterocycles. The summed E-state index contributed by atoms with van der Waals surface area (Å²) in [6, 6.07) is -0.0227. The zero-order chi connectivity index (χ0) is 15.9. The Kier molecular flexibility index (Phi) is 6.12. The minimum Gasteiger partial charge on any atom is -0.391 e. The Bertz CT molecular complexity index is 581. The first-order chi connectivity index (χ1) is 10.6. The molecular weight excluding hydrogens is 278 g/mol. The minimum atomic E-state index is -0.454. The third-order valence-corrected chi connectivity index (χ3v) is 4.15. The number of aliphatic hydroxyl groups is 1. The Morgan fingerprint density at radius 1 is 1.14 bits per heavy atom. The second-order valence-corrected chi connectivity index (χ2v) is 5.95. The predicted molar refractivity (Wildman–Crippen MR) is 88.4 cm³/mol. The molecule has 6 heteroatoms. The van der Waals surface area contributed by atoms with E-state index in [1.807, 2.05) is 11.5 Å². The smallest absolute Gasteiger partial charge is 0.165 e. The van der Waals surface area contributed by atoms with Crippen molar-refractivity contribution in [2.45, 2.75) is 70.9 Å². The number of imidazole rings is 1. The highest BCUT2D eigenvalue weighted by Gasteiger charge is 2.20. The quantitative estimate of drug-likeness (QED) is 0.695. The van der Waals surface area contributed by atoms with Crippen LogP contribution < -0.4 is 5.73 Å². The maximum Gasteiger partial charge on any atom is 0.165 e. The topological polar surface area (TPSA) is 89.8 Å². The van der Waals surface area contributed by atoms with E-state index in [0.717, 1.165) is 12.8 Å². The number of rotatable bonds is 9. The SMILES string of the molecule is CCCCCCCC[C@@H]([C@@H](C)O)n1cnc2c(N)ncnc21. The van der Waals surface area contributed by atoms with Gasteiger partial charge >= 0.3 is 0 Å². The summed E-state index contributed by atoms with van der Waals surface area (Å²) in [6.07, 6.45) is 11.0. The third-order valence-electron chi connectivity index (χ3n) is 4.15. The Morgan fingerprint density at radius 2 is 1.86 bits per heavy atom. The van der Waals surface area contributed by atoms with Crippen molar-refractivity contribution in [2.24, 2.45) is 0 Å². The van der Waals surface area contributed by atoms with Crippen molar-refractivity contribution >= 4 is 17.0 Å². The number of anilines is 1. The molecule has 122 valence electrons. The van der Waals surface area contributed by atoms with Crippen LogP contribution in [0.5, 0.6) is 0 Å². The van der Waals surface area contributed by atoms with Crippen LogP contribution in [0.1, 0.15) is 64.8 Å². The Morgan fingerprint density at radius 3 is 2.59 bits per heavy atom. The number of hydrogen-bond donors (Lipinski definition) is 2. The van der Waals surface area contributed by atoms with Crippen molar-refractivity contribution in [3.63, 3.8) is 0 Å². The van der Waals surface area contributed by atoms with Gasteiger partial charge in [0.15, 0.2) is 11.5 Å². The molecule has 0 radical (unpaired) electrons. The molecule has 0 aliphatic carbocycles. The van der Waals surface area contributed by atoms with Gasteiger partial charge in [-0.3, -0.25) is 0 Å². The second kappa shape index (κ2) is 8.08. The first-order valence-electron chi connectivity index (χ1n) is 8.26. The fraction of sp³-hybridized carbons (Fsp3) is 0.688. The van der Waals surface area contributed by atoms with E-state index in [9.17, 15) is 5.11 Å². The predicted octanol–water partition coefficient (Wildman–Crippen LogP) is 3.08. The molecule has 2 aromatic heterocycles. The summed E-state index contributed by atoms with van der Waals surface area (Å²) in [7, 11) is 0. The van der Waals surface area contributed by atoms with Gasteiger partial charge in [-0.1, -0.05) is 45.4 Å². The van der Waals surface area contributed by atoms with Gasteiger partial charge in [-0.25, -0.2) is 15.0 Å². The molecule has 0 aromatic carbocycles. The molecule has 2 atom stereocenters. The van der Waals surface area contributed by atoms with Crippen LogP contribution >= 0.6 is 0 Å². The average Bonchev–Trinajstić information content (AvgIpc) is 2.91. The largest absolute Gasteiger partial charge is 0.391 e. The van der Waals surface area contributed by atoms with Gasteiger partial charge in [0.25, 0.3) is 0 Å². The second-order valence-electron chi connectivity index (χ2n) is 5.95. The molecule has 0 amide bonds. The van der Waals surface area contributed by atoms with E-state index < -0.39 is 6.10 Å². The standard InChI is InChI=1S/C16H27N5O/c1-3-4-5-6-7-8-9-13(12(2)22)21-11-20-14-15(17)18-10-19-16(14)21/h10-13,22H,3-9H2,1-2H3,(H2,17,18,19)/t12-,13+/m1/s1. The fourth-order valence-electron chi connectivity index (χ4n) is 2.86. The molecule has 0 saturated heterocycles. The molecule has 3 N–H and O–H groups in total. The summed E-state index contributed by atoms with van der Waals surface area (Å²) in [4.78, 5) is 12.5. The van der Waals surface area contributed by atoms with Crippen LogP contribution in [0.2, 0.25) is 0 Å². The van der Waals surface area contributed by atoms with E-state index in [1.54, 1.807) is 6.33 Å². The maximum atomic E-state index is 10.1. The molecule has 0 aliphatic heterocycles. The molecule has 6 nitrogen and oxygen atoms in total. The Labute approximate surface area is 131 Å². The first-order valence-corrected chi connectivity index (χ1v) is 8.26. The van der Waals surface area contributed by atoms with Crippen LogP contribution in [0.3, 0.4) is 0 Å². The van der Waals surface area contributed by atoms with Crippen molar-refractivity contribution in [3.05, 3.63) is 12.7 Å². The molecule has 0 spiro atoms. The van der Waals surface area contributed by atoms with Gasteiger partial charge in [-0.05, 0) is 13.3 Å². The van der Waals surface area contributed by atoms with Gasteiger partial charge in [-0.2, -0.15) is 0 Å². The number of hydrogen-bond acceptors (Lipinski definition) is 5. The normalized spacial score (nSPS) is 14.3. The van der Waals surface area contributed by atoms with E-state index in [2.05, 4.69) is 21.9 Å². The number of aliphatic hydroxyl groups excluding tert-OH is 1. The lowest BCUT2D eigenvalue weighted by Gasteiger charge is -2.21. The van der Waals surface area contributed by atoms with E-state index in [4.69, 9.17) is 5.73 Å². The van der Waals surface area contributed by atoms with Crippen LogP contribution in [0, 0.1) is 0 Å². The lowest BCUT2D eigenvalue weighted by molar-refractivity contribution is 0.124. The molecule has 22 heavy (non-hydrogen) atoms. The third kappa shape index (κ3) is 3.94. The lowest BCUT2D eigenvalue weighted by atomic mass is 10.0. The summed E-state index contributed by atoms with van der Waals surface area (Å²) in [5.74, 6) is 0.382. The van der Waals surface area contributed by atoms with Crippen molar-refractivity contribution in [1.29, 1.82) is 0 Å². The lowest BCUT2D eigenvalue weighted by Crippen LogP contribution is -2.21. The van der Waals surface area contributed by atoms with Crippen molar-refractivity contribution in [3.8, 4) is 0 Å². The van der Waals surface area contributed by atoms with E-state index in [-0.39, 0.29) is 6.04 Å². The molecule has 0 fully saturated rings. The minimum absolute atomic E-state index is 0.0227. The number of nitrogens with two attached hydrogens (primary N) is 1. The van der Waals surface area contributed by atoms with Gasteiger partial charge in [0.1, 0.15) is 11.8 Å². The first kappa shape index (κ1) is 16.7. The van der Waals surface area contributed by atoms with Crippen LogP contribution in [0.25, 0.3) is 11.2 Å².